The summed E-state index contributed by atoms with van der Waals surface area (Å²) < 4.78 is 0. The molecule has 0 radical (unpaired) electrons. The van der Waals surface area contributed by atoms with Gasteiger partial charge in [0.2, 0.25) is 0 Å². The van der Waals surface area contributed by atoms with Crippen LogP contribution in [-0.4, -0.2) is 10.1 Å². The predicted octanol–water partition coefficient (Wildman–Crippen LogP) is 2.78. The van der Waals surface area contributed by atoms with Crippen LogP contribution in [0.5, 0.6) is 0 Å². The van der Waals surface area contributed by atoms with Gasteiger partial charge in [0.25, 0.3) is 0 Å². The van der Waals surface area contributed by atoms with Crippen LogP contribution in [0.3, 0.4) is 0 Å². The number of nitrogens with zero attached hydrogens (tertiary/aromatic N) is 1. The molecule has 0 amide bonds. The number of rotatable bonds is 2. The van der Waals surface area contributed by atoms with Crippen LogP contribution >= 0.6 is 0 Å². The average molecular weight is 213 g/mol. The van der Waals surface area contributed by atoms with E-state index in [2.05, 4.69) is 4.98 Å². The summed E-state index contributed by atoms with van der Waals surface area (Å²) in [7, 11) is 0. The van der Waals surface area contributed by atoms with Crippen LogP contribution < -0.4 is 0 Å². The van der Waals surface area contributed by atoms with E-state index >= 15 is 0 Å². The monoisotopic (exact) mass is 213 g/mol. The summed E-state index contributed by atoms with van der Waals surface area (Å²) in [5, 5.41) is 10.3. The topological polar surface area (TPSA) is 33.1 Å². The Kier molecular flexibility index (Phi) is 3.02. The summed E-state index contributed by atoms with van der Waals surface area (Å²) in [6, 6.07) is 11.7. The lowest BCUT2D eigenvalue weighted by Crippen LogP contribution is -2.03. The molecule has 1 atom stereocenters. The zero-order valence-corrected chi connectivity index (χ0v) is 9.51. The maximum Gasteiger partial charge on any atom is 0.106 e. The van der Waals surface area contributed by atoms with Crippen LogP contribution in [0.25, 0.3) is 0 Å². The van der Waals surface area contributed by atoms with Crippen LogP contribution in [0.1, 0.15) is 28.5 Å². The van der Waals surface area contributed by atoms with Crippen LogP contribution in [0.2, 0.25) is 0 Å². The first-order chi connectivity index (χ1) is 7.68. The van der Waals surface area contributed by atoms with Crippen LogP contribution in [0.4, 0.5) is 0 Å². The van der Waals surface area contributed by atoms with Gasteiger partial charge in [-0.25, -0.2) is 0 Å². The zero-order chi connectivity index (χ0) is 11.5. The molecule has 0 spiro atoms. The molecule has 0 aliphatic heterocycles. The fourth-order valence-electron chi connectivity index (χ4n) is 1.81. The summed E-state index contributed by atoms with van der Waals surface area (Å²) in [6.45, 7) is 3.93. The van der Waals surface area contributed by atoms with Crippen molar-refractivity contribution in [3.8, 4) is 0 Å². The standard InChI is InChI=1S/C14H15NO/c1-10-5-3-6-12(9-10)14(16)13-7-4-8-15-11(13)2/h3-9,14,16H,1-2H3. The van der Waals surface area contributed by atoms with E-state index in [0.717, 1.165) is 22.4 Å². The third kappa shape index (κ3) is 2.12. The molecule has 1 N–H and O–H groups in total. The molecule has 1 aromatic carbocycles. The van der Waals surface area contributed by atoms with Gasteiger partial charge < -0.3 is 5.11 Å². The number of benzene rings is 1. The fraction of sp³-hybridized carbons (Fsp3) is 0.214. The zero-order valence-electron chi connectivity index (χ0n) is 9.51. The molecule has 1 heterocycles. The van der Waals surface area contributed by atoms with Crippen molar-refractivity contribution in [2.24, 2.45) is 0 Å². The second-order valence-electron chi connectivity index (χ2n) is 3.99. The first-order valence-corrected chi connectivity index (χ1v) is 5.34. The average Bonchev–Trinajstić information content (AvgIpc) is 2.29. The van der Waals surface area contributed by atoms with Gasteiger partial charge in [-0.2, -0.15) is 0 Å². The number of aliphatic hydroxyl groups excluding tert-OH is 1. The van der Waals surface area contributed by atoms with Crippen molar-refractivity contribution in [3.05, 3.63) is 65.0 Å². The first-order valence-electron chi connectivity index (χ1n) is 5.34. The Bertz CT molecular complexity index is 494. The van der Waals surface area contributed by atoms with Crippen molar-refractivity contribution in [2.75, 3.05) is 0 Å². The molecule has 0 saturated heterocycles. The van der Waals surface area contributed by atoms with Gasteiger partial charge in [0.1, 0.15) is 6.10 Å². The van der Waals surface area contributed by atoms with E-state index in [1.54, 1.807) is 6.20 Å². The van der Waals surface area contributed by atoms with E-state index in [0.29, 0.717) is 0 Å². The van der Waals surface area contributed by atoms with Gasteiger partial charge in [-0.1, -0.05) is 35.9 Å². The molecule has 2 rings (SSSR count). The van der Waals surface area contributed by atoms with Crippen molar-refractivity contribution >= 4 is 0 Å². The van der Waals surface area contributed by atoms with E-state index in [9.17, 15) is 5.11 Å². The Hall–Kier alpha value is -1.67. The van der Waals surface area contributed by atoms with Crippen molar-refractivity contribution < 1.29 is 5.11 Å². The number of aromatic nitrogens is 1. The summed E-state index contributed by atoms with van der Waals surface area (Å²) in [6.07, 6.45) is 1.15. The van der Waals surface area contributed by atoms with Crippen LogP contribution in [0, 0.1) is 13.8 Å². The third-order valence-electron chi connectivity index (χ3n) is 2.70. The molecule has 1 aromatic heterocycles. The van der Waals surface area contributed by atoms with Gasteiger partial charge in [-0.15, -0.1) is 0 Å². The molecule has 16 heavy (non-hydrogen) atoms. The minimum atomic E-state index is -0.589. The second-order valence-corrected chi connectivity index (χ2v) is 3.99. The summed E-state index contributed by atoms with van der Waals surface area (Å²) >= 11 is 0. The highest BCUT2D eigenvalue weighted by molar-refractivity contribution is 5.33. The Morgan fingerprint density at radius 1 is 1.12 bits per heavy atom. The number of hydrogen-bond donors (Lipinski definition) is 1. The van der Waals surface area contributed by atoms with E-state index in [4.69, 9.17) is 0 Å². The molecule has 1 unspecified atom stereocenters. The fourth-order valence-corrected chi connectivity index (χ4v) is 1.81. The van der Waals surface area contributed by atoms with E-state index in [1.807, 2.05) is 50.2 Å². The SMILES string of the molecule is Cc1cccc(C(O)c2cccnc2C)c1. The Morgan fingerprint density at radius 3 is 2.62 bits per heavy atom. The first kappa shape index (κ1) is 10.8. The normalized spacial score (nSPS) is 12.4. The smallest absolute Gasteiger partial charge is 0.106 e. The van der Waals surface area contributed by atoms with E-state index < -0.39 is 6.10 Å². The van der Waals surface area contributed by atoms with Crippen molar-refractivity contribution in [3.63, 3.8) is 0 Å². The maximum atomic E-state index is 10.3. The van der Waals surface area contributed by atoms with Crippen molar-refractivity contribution in [1.82, 2.24) is 4.98 Å². The van der Waals surface area contributed by atoms with Gasteiger partial charge in [0.15, 0.2) is 0 Å². The molecule has 2 aromatic rings. The van der Waals surface area contributed by atoms with E-state index in [1.165, 1.54) is 0 Å². The molecular weight excluding hydrogens is 198 g/mol. The molecule has 0 bridgehead atoms. The Morgan fingerprint density at radius 2 is 1.94 bits per heavy atom. The highest BCUT2D eigenvalue weighted by Gasteiger charge is 2.12. The minimum Gasteiger partial charge on any atom is -0.384 e. The summed E-state index contributed by atoms with van der Waals surface area (Å²) in [4.78, 5) is 4.19. The predicted molar refractivity (Wildman–Crippen MR) is 64.2 cm³/mol. The lowest BCUT2D eigenvalue weighted by Gasteiger charge is -2.13. The highest BCUT2D eigenvalue weighted by Crippen LogP contribution is 2.23. The van der Waals surface area contributed by atoms with Gasteiger partial charge >= 0.3 is 0 Å². The highest BCUT2D eigenvalue weighted by atomic mass is 16.3. The van der Waals surface area contributed by atoms with Gasteiger partial charge in [0, 0.05) is 17.5 Å². The molecule has 0 aliphatic carbocycles. The molecule has 2 nitrogen and oxygen atoms in total. The lowest BCUT2D eigenvalue weighted by atomic mass is 9.99. The lowest BCUT2D eigenvalue weighted by molar-refractivity contribution is 0.219. The Balaban J connectivity index is 2.39. The number of pyridine rings is 1. The molecule has 82 valence electrons. The second kappa shape index (κ2) is 4.45. The molecule has 0 aliphatic rings. The third-order valence-corrected chi connectivity index (χ3v) is 2.70. The quantitative estimate of drug-likeness (QED) is 0.832. The molecular formula is C14H15NO. The molecule has 2 heteroatoms. The number of aryl methyl sites for hydroxylation is 2. The summed E-state index contributed by atoms with van der Waals surface area (Å²) in [5.41, 5.74) is 3.80. The van der Waals surface area contributed by atoms with Crippen LogP contribution in [-0.2, 0) is 0 Å². The van der Waals surface area contributed by atoms with Crippen molar-refractivity contribution in [1.29, 1.82) is 0 Å². The van der Waals surface area contributed by atoms with E-state index in [-0.39, 0.29) is 0 Å². The number of hydrogen-bond acceptors (Lipinski definition) is 2. The van der Waals surface area contributed by atoms with Gasteiger partial charge in [0.05, 0.1) is 0 Å². The minimum absolute atomic E-state index is 0.589. The Labute approximate surface area is 95.6 Å². The molecule has 0 saturated carbocycles. The van der Waals surface area contributed by atoms with Crippen LogP contribution in [0.15, 0.2) is 42.6 Å². The largest absolute Gasteiger partial charge is 0.384 e. The number of aliphatic hydroxyl groups is 1. The molecule has 0 fully saturated rings. The van der Waals surface area contributed by atoms with Gasteiger partial charge in [-0.05, 0) is 25.5 Å². The maximum absolute atomic E-state index is 10.3. The summed E-state index contributed by atoms with van der Waals surface area (Å²) in [5.74, 6) is 0. The van der Waals surface area contributed by atoms with Gasteiger partial charge in [-0.3, -0.25) is 4.98 Å². The van der Waals surface area contributed by atoms with Crippen molar-refractivity contribution in [2.45, 2.75) is 20.0 Å².